The molecule has 0 fully saturated rings. The van der Waals surface area contributed by atoms with E-state index in [4.69, 9.17) is 10.5 Å². The molecule has 1 aliphatic rings. The molecule has 2 N–H and O–H groups in total. The van der Waals surface area contributed by atoms with Gasteiger partial charge in [0.1, 0.15) is 5.75 Å². The Hall–Kier alpha value is -1.07. The Labute approximate surface area is 134 Å². The molecule has 5 heteroatoms. The lowest BCUT2D eigenvalue weighted by Crippen LogP contribution is -2.55. The van der Waals surface area contributed by atoms with Crippen molar-refractivity contribution < 1.29 is 9.53 Å². The number of amides is 1. The van der Waals surface area contributed by atoms with Crippen molar-refractivity contribution in [1.82, 2.24) is 0 Å². The van der Waals surface area contributed by atoms with E-state index in [9.17, 15) is 4.79 Å². The number of para-hydroxylation sites is 1. The molecule has 21 heavy (non-hydrogen) atoms. The third-order valence-electron chi connectivity index (χ3n) is 3.54. The molecule has 0 radical (unpaired) electrons. The summed E-state index contributed by atoms with van der Waals surface area (Å²) in [5, 5.41) is 1.96. The minimum atomic E-state index is -0.971. The van der Waals surface area contributed by atoms with Crippen molar-refractivity contribution in [2.45, 2.75) is 43.5 Å². The Kier molecular flexibility index (Phi) is 6.06. The number of unbranched alkanes of at least 4 members (excludes halogenated alkanes) is 2. The molecule has 0 aliphatic carbocycles. The van der Waals surface area contributed by atoms with Crippen LogP contribution in [0.3, 0.4) is 0 Å². The van der Waals surface area contributed by atoms with Gasteiger partial charge in [0.2, 0.25) is 5.60 Å². The molecular weight excluding hydrogens is 302 g/mol. The number of benzene rings is 1. The maximum absolute atomic E-state index is 12.2. The largest absolute Gasteiger partial charge is 0.476 e. The summed E-state index contributed by atoms with van der Waals surface area (Å²) in [6.45, 7) is 2.14. The molecule has 0 saturated carbocycles. The van der Waals surface area contributed by atoms with Crippen LogP contribution in [-0.2, 0) is 4.79 Å². The van der Waals surface area contributed by atoms with Crippen LogP contribution >= 0.6 is 21.6 Å². The van der Waals surface area contributed by atoms with Crippen molar-refractivity contribution in [3.63, 3.8) is 0 Å². The molecule has 0 bridgehead atoms. The van der Waals surface area contributed by atoms with E-state index in [1.54, 1.807) is 21.6 Å². The molecule has 0 saturated heterocycles. The quantitative estimate of drug-likeness (QED) is 0.577. The lowest BCUT2D eigenvalue weighted by atomic mass is 9.90. The van der Waals surface area contributed by atoms with Gasteiger partial charge < -0.3 is 10.5 Å². The van der Waals surface area contributed by atoms with Crippen LogP contribution in [0.1, 0.15) is 32.6 Å². The number of rotatable bonds is 8. The van der Waals surface area contributed by atoms with Crippen LogP contribution in [0.2, 0.25) is 0 Å². The average Bonchev–Trinajstić information content (AvgIpc) is 3.02. The number of primary amides is 1. The van der Waals surface area contributed by atoms with Crippen molar-refractivity contribution in [3.05, 3.63) is 41.8 Å². The monoisotopic (exact) mass is 323 g/mol. The van der Waals surface area contributed by atoms with Crippen LogP contribution in [0.25, 0.3) is 0 Å². The van der Waals surface area contributed by atoms with Crippen LogP contribution in [0.5, 0.6) is 5.75 Å². The molecule has 2 rings (SSSR count). The van der Waals surface area contributed by atoms with Crippen molar-refractivity contribution in [2.24, 2.45) is 5.73 Å². The lowest BCUT2D eigenvalue weighted by Gasteiger charge is -2.35. The van der Waals surface area contributed by atoms with Gasteiger partial charge in [-0.2, -0.15) is 0 Å². The van der Waals surface area contributed by atoms with Gasteiger partial charge in [0.25, 0.3) is 5.91 Å². The fraction of sp³-hybridized carbons (Fsp3) is 0.438. The van der Waals surface area contributed by atoms with Gasteiger partial charge in [0.15, 0.2) is 0 Å². The predicted octanol–water partition coefficient (Wildman–Crippen LogP) is 4.15. The Morgan fingerprint density at radius 1 is 1.33 bits per heavy atom. The van der Waals surface area contributed by atoms with Gasteiger partial charge in [-0.15, -0.1) is 0 Å². The zero-order valence-corrected chi connectivity index (χ0v) is 13.8. The van der Waals surface area contributed by atoms with Gasteiger partial charge >= 0.3 is 0 Å². The van der Waals surface area contributed by atoms with Gasteiger partial charge in [0.05, 0.1) is 5.25 Å². The van der Waals surface area contributed by atoms with E-state index in [1.807, 2.05) is 41.8 Å². The third-order valence-corrected chi connectivity index (χ3v) is 5.95. The van der Waals surface area contributed by atoms with Crippen LogP contribution in [-0.4, -0.2) is 16.8 Å². The second kappa shape index (κ2) is 7.80. The fourth-order valence-corrected chi connectivity index (χ4v) is 4.85. The first kappa shape index (κ1) is 16.3. The van der Waals surface area contributed by atoms with Gasteiger partial charge in [-0.05, 0) is 30.4 Å². The maximum atomic E-state index is 12.2. The first-order chi connectivity index (χ1) is 10.2. The summed E-state index contributed by atoms with van der Waals surface area (Å²) in [6, 6.07) is 9.47. The topological polar surface area (TPSA) is 52.3 Å². The minimum Gasteiger partial charge on any atom is -0.476 e. The van der Waals surface area contributed by atoms with Crippen molar-refractivity contribution in [3.8, 4) is 5.75 Å². The highest BCUT2D eigenvalue weighted by atomic mass is 33.1. The molecule has 2 atom stereocenters. The molecule has 0 aromatic heterocycles. The Morgan fingerprint density at radius 3 is 2.67 bits per heavy atom. The molecule has 0 spiro atoms. The SMILES string of the molecule is CCCCCC(Oc1ccccc1)(C(N)=O)C1C=CSS1. The zero-order valence-electron chi connectivity index (χ0n) is 12.2. The molecule has 1 aliphatic heterocycles. The van der Waals surface area contributed by atoms with Gasteiger partial charge in [-0.3, -0.25) is 4.79 Å². The van der Waals surface area contributed by atoms with E-state index < -0.39 is 5.60 Å². The predicted molar refractivity (Wildman–Crippen MR) is 91.2 cm³/mol. The lowest BCUT2D eigenvalue weighted by molar-refractivity contribution is -0.133. The van der Waals surface area contributed by atoms with E-state index >= 15 is 0 Å². The van der Waals surface area contributed by atoms with Crippen molar-refractivity contribution in [2.75, 3.05) is 0 Å². The summed E-state index contributed by atoms with van der Waals surface area (Å²) in [7, 11) is 3.26. The second-order valence-corrected chi connectivity index (χ2v) is 7.39. The zero-order chi connectivity index (χ0) is 15.1. The van der Waals surface area contributed by atoms with Crippen LogP contribution in [0, 0.1) is 0 Å². The van der Waals surface area contributed by atoms with Crippen molar-refractivity contribution in [1.29, 1.82) is 0 Å². The van der Waals surface area contributed by atoms with Crippen molar-refractivity contribution >= 4 is 27.5 Å². The summed E-state index contributed by atoms with van der Waals surface area (Å²) >= 11 is 0. The molecular formula is C16H21NO2S2. The molecule has 1 amide bonds. The Balaban J connectivity index is 2.25. The maximum Gasteiger partial charge on any atom is 0.263 e. The summed E-state index contributed by atoms with van der Waals surface area (Å²) < 4.78 is 6.13. The first-order valence-electron chi connectivity index (χ1n) is 7.22. The highest BCUT2D eigenvalue weighted by molar-refractivity contribution is 8.78. The van der Waals surface area contributed by atoms with E-state index in [0.717, 1.165) is 19.3 Å². The van der Waals surface area contributed by atoms with Crippen LogP contribution < -0.4 is 10.5 Å². The third kappa shape index (κ3) is 3.98. The van der Waals surface area contributed by atoms with Gasteiger partial charge in [0, 0.05) is 0 Å². The summed E-state index contributed by atoms with van der Waals surface area (Å²) in [6.07, 6.45) is 5.77. The number of ether oxygens (including phenoxy) is 1. The molecule has 1 heterocycles. The number of carbonyl (C=O) groups excluding carboxylic acids is 1. The number of nitrogens with two attached hydrogens (primary N) is 1. The molecule has 3 nitrogen and oxygen atoms in total. The van der Waals surface area contributed by atoms with E-state index in [2.05, 4.69) is 6.92 Å². The first-order valence-corrected chi connectivity index (χ1v) is 9.49. The van der Waals surface area contributed by atoms with Gasteiger partial charge in [-0.1, -0.05) is 65.6 Å². The van der Waals surface area contributed by atoms with Gasteiger partial charge in [-0.25, -0.2) is 0 Å². The number of hydrogen-bond acceptors (Lipinski definition) is 4. The molecule has 2 unspecified atom stereocenters. The average molecular weight is 323 g/mol. The summed E-state index contributed by atoms with van der Waals surface area (Å²) in [5.74, 6) is 0.311. The summed E-state index contributed by atoms with van der Waals surface area (Å²) in [5.41, 5.74) is 4.79. The van der Waals surface area contributed by atoms with Crippen LogP contribution in [0.4, 0.5) is 0 Å². The minimum absolute atomic E-state index is 0.0444. The van der Waals surface area contributed by atoms with Crippen LogP contribution in [0.15, 0.2) is 41.8 Å². The highest BCUT2D eigenvalue weighted by Crippen LogP contribution is 2.44. The molecule has 1 aromatic carbocycles. The Bertz CT molecular complexity index is 492. The highest BCUT2D eigenvalue weighted by Gasteiger charge is 2.47. The fourth-order valence-electron chi connectivity index (χ4n) is 2.36. The molecule has 114 valence electrons. The Morgan fingerprint density at radius 2 is 2.10 bits per heavy atom. The normalized spacial score (nSPS) is 20.1. The summed E-state index contributed by atoms with van der Waals surface area (Å²) in [4.78, 5) is 12.2. The van der Waals surface area contributed by atoms with E-state index in [-0.39, 0.29) is 11.2 Å². The second-order valence-electron chi connectivity index (χ2n) is 5.07. The molecule has 1 aromatic rings. The van der Waals surface area contributed by atoms with E-state index in [0.29, 0.717) is 12.2 Å². The number of carbonyl (C=O) groups is 1. The smallest absolute Gasteiger partial charge is 0.263 e. The number of hydrogen-bond donors (Lipinski definition) is 1. The standard InChI is InChI=1S/C16H21NO2S2/c1-2-3-7-11-16(15(17)18,14-10-12-20-21-14)19-13-8-5-4-6-9-13/h4-6,8-10,12,14H,2-3,7,11H2,1H3,(H2,17,18). The van der Waals surface area contributed by atoms with E-state index in [1.165, 1.54) is 0 Å².